The predicted molar refractivity (Wildman–Crippen MR) is 66.4 cm³/mol. The van der Waals surface area contributed by atoms with Crippen LogP contribution in [-0.2, 0) is 0 Å². The zero-order valence-corrected chi connectivity index (χ0v) is 10.5. The van der Waals surface area contributed by atoms with E-state index in [0.717, 1.165) is 9.86 Å². The monoisotopic (exact) mass is 282 g/mol. The van der Waals surface area contributed by atoms with E-state index < -0.39 is 0 Å². The molecule has 0 aliphatic carbocycles. The number of hydrogen-bond acceptors (Lipinski definition) is 3. The van der Waals surface area contributed by atoms with Crippen LogP contribution in [0.3, 0.4) is 0 Å². The third-order valence-corrected chi connectivity index (χ3v) is 3.07. The molecule has 3 nitrogen and oxygen atoms in total. The minimum absolute atomic E-state index is 0.175. The Labute approximate surface area is 102 Å². The molecule has 2 aromatic carbocycles. The van der Waals surface area contributed by atoms with Crippen LogP contribution in [0, 0.1) is 0 Å². The molecule has 0 aliphatic heterocycles. The molecule has 84 valence electrons. The first-order valence-electron chi connectivity index (χ1n) is 4.71. The predicted octanol–water partition coefficient (Wildman–Crippen LogP) is 3.33. The molecule has 0 amide bonds. The average Bonchev–Trinajstić information content (AvgIpc) is 2.30. The summed E-state index contributed by atoms with van der Waals surface area (Å²) in [6.45, 7) is 0. The molecule has 0 unspecified atom stereocenters. The largest absolute Gasteiger partial charge is 0.507 e. The van der Waals surface area contributed by atoms with Gasteiger partial charge in [-0.15, -0.1) is 0 Å². The summed E-state index contributed by atoms with van der Waals surface area (Å²) in [5.41, 5.74) is 0. The number of phenolic OH excluding ortho intramolecular Hbond substituents is 1. The van der Waals surface area contributed by atoms with Crippen molar-refractivity contribution in [3.8, 4) is 17.2 Å². The Bertz CT molecular complexity index is 537. The lowest BCUT2D eigenvalue weighted by Crippen LogP contribution is -1.90. The van der Waals surface area contributed by atoms with Gasteiger partial charge < -0.3 is 14.6 Å². The van der Waals surface area contributed by atoms with Gasteiger partial charge in [-0.1, -0.05) is 0 Å². The Kier molecular flexibility index (Phi) is 2.92. The van der Waals surface area contributed by atoms with Crippen LogP contribution in [0.5, 0.6) is 17.2 Å². The van der Waals surface area contributed by atoms with Gasteiger partial charge >= 0.3 is 0 Å². The van der Waals surface area contributed by atoms with Gasteiger partial charge in [0, 0.05) is 5.39 Å². The van der Waals surface area contributed by atoms with Crippen LogP contribution in [-0.4, -0.2) is 19.3 Å². The summed E-state index contributed by atoms with van der Waals surface area (Å²) >= 11 is 3.38. The molecular formula is C12H11BrO3. The van der Waals surface area contributed by atoms with Crippen molar-refractivity contribution in [2.75, 3.05) is 14.2 Å². The van der Waals surface area contributed by atoms with Gasteiger partial charge in [0.15, 0.2) is 0 Å². The fraction of sp³-hybridized carbons (Fsp3) is 0.167. The van der Waals surface area contributed by atoms with E-state index in [1.54, 1.807) is 26.4 Å². The summed E-state index contributed by atoms with van der Waals surface area (Å²) in [6.07, 6.45) is 0. The van der Waals surface area contributed by atoms with E-state index in [0.29, 0.717) is 16.9 Å². The molecule has 0 saturated carbocycles. The molecule has 0 heterocycles. The number of phenols is 1. The molecule has 0 fully saturated rings. The molecule has 0 radical (unpaired) electrons. The van der Waals surface area contributed by atoms with Gasteiger partial charge in [0.05, 0.1) is 24.1 Å². The van der Waals surface area contributed by atoms with Crippen molar-refractivity contribution < 1.29 is 14.6 Å². The molecule has 2 rings (SSSR count). The van der Waals surface area contributed by atoms with E-state index in [1.807, 2.05) is 12.1 Å². The quantitative estimate of drug-likeness (QED) is 0.918. The molecule has 4 heteroatoms. The van der Waals surface area contributed by atoms with Crippen molar-refractivity contribution in [1.82, 2.24) is 0 Å². The number of ether oxygens (including phenoxy) is 2. The minimum Gasteiger partial charge on any atom is -0.507 e. The SMILES string of the molecule is COc1ccc(O)c2c(OC)c(Br)ccc12. The van der Waals surface area contributed by atoms with Gasteiger partial charge in [0.2, 0.25) is 0 Å². The van der Waals surface area contributed by atoms with E-state index >= 15 is 0 Å². The Morgan fingerprint density at radius 3 is 2.44 bits per heavy atom. The number of fused-ring (bicyclic) bond motifs is 1. The molecule has 0 bridgehead atoms. The molecule has 16 heavy (non-hydrogen) atoms. The number of aromatic hydroxyl groups is 1. The van der Waals surface area contributed by atoms with E-state index in [1.165, 1.54) is 0 Å². The second-order valence-electron chi connectivity index (χ2n) is 3.29. The second-order valence-corrected chi connectivity index (χ2v) is 4.14. The maximum Gasteiger partial charge on any atom is 0.144 e. The lowest BCUT2D eigenvalue weighted by atomic mass is 10.1. The van der Waals surface area contributed by atoms with Crippen molar-refractivity contribution in [3.05, 3.63) is 28.7 Å². The van der Waals surface area contributed by atoms with E-state index in [-0.39, 0.29) is 5.75 Å². The van der Waals surface area contributed by atoms with E-state index in [2.05, 4.69) is 15.9 Å². The molecular weight excluding hydrogens is 272 g/mol. The summed E-state index contributed by atoms with van der Waals surface area (Å²) < 4.78 is 11.3. The Morgan fingerprint density at radius 2 is 1.81 bits per heavy atom. The van der Waals surface area contributed by atoms with Gasteiger partial charge in [-0.25, -0.2) is 0 Å². The second kappa shape index (κ2) is 4.22. The maximum atomic E-state index is 9.87. The molecule has 0 aliphatic rings. The standard InChI is InChI=1S/C12H11BrO3/c1-15-10-6-5-9(14)11-7(10)3-4-8(13)12(11)16-2/h3-6,14H,1-2H3. The average molecular weight is 283 g/mol. The van der Waals surface area contributed by atoms with Crippen LogP contribution < -0.4 is 9.47 Å². The van der Waals surface area contributed by atoms with Crippen molar-refractivity contribution >= 4 is 26.7 Å². The summed E-state index contributed by atoms with van der Waals surface area (Å²) in [5.74, 6) is 1.49. The van der Waals surface area contributed by atoms with Crippen LogP contribution in [0.25, 0.3) is 10.8 Å². The highest BCUT2D eigenvalue weighted by Crippen LogP contribution is 2.42. The van der Waals surface area contributed by atoms with Gasteiger partial charge in [0.1, 0.15) is 17.2 Å². The van der Waals surface area contributed by atoms with Gasteiger partial charge in [-0.2, -0.15) is 0 Å². The maximum absolute atomic E-state index is 9.87. The van der Waals surface area contributed by atoms with Crippen LogP contribution >= 0.6 is 15.9 Å². The fourth-order valence-corrected chi connectivity index (χ4v) is 2.21. The van der Waals surface area contributed by atoms with Crippen molar-refractivity contribution in [2.24, 2.45) is 0 Å². The first-order chi connectivity index (χ1) is 7.69. The van der Waals surface area contributed by atoms with E-state index in [4.69, 9.17) is 9.47 Å². The lowest BCUT2D eigenvalue weighted by molar-refractivity contribution is 0.409. The van der Waals surface area contributed by atoms with Crippen molar-refractivity contribution in [1.29, 1.82) is 0 Å². The highest BCUT2D eigenvalue weighted by molar-refractivity contribution is 9.10. The molecule has 0 atom stereocenters. The summed E-state index contributed by atoms with van der Waals surface area (Å²) in [5, 5.41) is 11.3. The van der Waals surface area contributed by atoms with Crippen LogP contribution in [0.15, 0.2) is 28.7 Å². The summed E-state index contributed by atoms with van der Waals surface area (Å²) in [4.78, 5) is 0. The number of hydrogen-bond donors (Lipinski definition) is 1. The van der Waals surface area contributed by atoms with E-state index in [9.17, 15) is 5.11 Å². The number of benzene rings is 2. The lowest BCUT2D eigenvalue weighted by Gasteiger charge is -2.12. The third-order valence-electron chi connectivity index (χ3n) is 2.45. The van der Waals surface area contributed by atoms with Crippen molar-refractivity contribution in [3.63, 3.8) is 0 Å². The highest BCUT2D eigenvalue weighted by Gasteiger charge is 2.13. The fourth-order valence-electron chi connectivity index (χ4n) is 1.72. The Balaban J connectivity index is 2.91. The van der Waals surface area contributed by atoms with Crippen LogP contribution in [0.1, 0.15) is 0 Å². The van der Waals surface area contributed by atoms with Crippen molar-refractivity contribution in [2.45, 2.75) is 0 Å². The Morgan fingerprint density at radius 1 is 1.06 bits per heavy atom. The highest BCUT2D eigenvalue weighted by atomic mass is 79.9. The number of rotatable bonds is 2. The normalized spacial score (nSPS) is 10.4. The minimum atomic E-state index is 0.175. The summed E-state index contributed by atoms with van der Waals surface area (Å²) in [6, 6.07) is 7.06. The first-order valence-corrected chi connectivity index (χ1v) is 5.50. The van der Waals surface area contributed by atoms with Gasteiger partial charge in [-0.3, -0.25) is 0 Å². The molecule has 0 spiro atoms. The Hall–Kier alpha value is -1.42. The number of halogens is 1. The topological polar surface area (TPSA) is 38.7 Å². The number of methoxy groups -OCH3 is 2. The molecule has 2 aromatic rings. The third kappa shape index (κ3) is 1.59. The van der Waals surface area contributed by atoms with Gasteiger partial charge in [0.25, 0.3) is 0 Å². The van der Waals surface area contributed by atoms with Crippen LogP contribution in [0.2, 0.25) is 0 Å². The zero-order valence-electron chi connectivity index (χ0n) is 8.95. The van der Waals surface area contributed by atoms with Gasteiger partial charge in [-0.05, 0) is 40.2 Å². The smallest absolute Gasteiger partial charge is 0.144 e. The van der Waals surface area contributed by atoms with Crippen LogP contribution in [0.4, 0.5) is 0 Å². The zero-order chi connectivity index (χ0) is 11.7. The molecule has 0 saturated heterocycles. The molecule has 1 N–H and O–H groups in total. The summed E-state index contributed by atoms with van der Waals surface area (Å²) in [7, 11) is 3.17. The first kappa shape index (κ1) is 11.1. The molecule has 0 aromatic heterocycles.